The minimum atomic E-state index is -0.400. The number of nitrogens with one attached hydrogen (secondary N) is 1. The van der Waals surface area contributed by atoms with E-state index in [1.807, 2.05) is 37.3 Å². The summed E-state index contributed by atoms with van der Waals surface area (Å²) in [6, 6.07) is 14.6. The van der Waals surface area contributed by atoms with E-state index in [9.17, 15) is 9.59 Å². The quantitative estimate of drug-likeness (QED) is 0.674. The summed E-state index contributed by atoms with van der Waals surface area (Å²) in [5, 5.41) is 2.78. The maximum Gasteiger partial charge on any atom is 0.338 e. The van der Waals surface area contributed by atoms with Crippen molar-refractivity contribution in [3.8, 4) is 0 Å². The van der Waals surface area contributed by atoms with Crippen LogP contribution in [0.1, 0.15) is 28.4 Å². The Balaban J connectivity index is 2.09. The normalized spacial score (nSPS) is 10.5. The second-order valence-corrected chi connectivity index (χ2v) is 4.98. The van der Waals surface area contributed by atoms with Crippen LogP contribution in [0.5, 0.6) is 0 Å². The maximum absolute atomic E-state index is 12.0. The molecular weight excluding hydrogens is 290 g/mol. The van der Waals surface area contributed by atoms with Crippen molar-refractivity contribution in [1.82, 2.24) is 0 Å². The van der Waals surface area contributed by atoms with Gasteiger partial charge in [-0.25, -0.2) is 4.79 Å². The molecular formula is C19H19NO3. The Bertz CT molecular complexity index is 721. The van der Waals surface area contributed by atoms with Gasteiger partial charge in [0.15, 0.2) is 0 Å². The molecule has 118 valence electrons. The molecule has 1 N–H and O–H groups in total. The zero-order valence-corrected chi connectivity index (χ0v) is 13.2. The van der Waals surface area contributed by atoms with Crippen LogP contribution in [0.15, 0.2) is 54.6 Å². The average Bonchev–Trinajstić information content (AvgIpc) is 2.56. The van der Waals surface area contributed by atoms with E-state index in [2.05, 4.69) is 5.32 Å². The Morgan fingerprint density at radius 3 is 2.57 bits per heavy atom. The van der Waals surface area contributed by atoms with Gasteiger partial charge in [0.05, 0.1) is 12.2 Å². The van der Waals surface area contributed by atoms with Crippen LogP contribution in [0, 0.1) is 6.92 Å². The molecule has 0 atom stereocenters. The van der Waals surface area contributed by atoms with Gasteiger partial charge in [-0.05, 0) is 43.2 Å². The number of anilines is 1. The Labute approximate surface area is 135 Å². The summed E-state index contributed by atoms with van der Waals surface area (Å²) in [5.41, 5.74) is 2.83. The largest absolute Gasteiger partial charge is 0.462 e. The lowest BCUT2D eigenvalue weighted by molar-refractivity contribution is -0.111. The number of hydrogen-bond donors (Lipinski definition) is 1. The van der Waals surface area contributed by atoms with Gasteiger partial charge in [-0.3, -0.25) is 4.79 Å². The van der Waals surface area contributed by atoms with E-state index in [0.717, 1.165) is 11.1 Å². The van der Waals surface area contributed by atoms with Crippen molar-refractivity contribution in [2.75, 3.05) is 11.9 Å². The van der Waals surface area contributed by atoms with Gasteiger partial charge >= 0.3 is 5.97 Å². The number of aryl methyl sites for hydroxylation is 1. The van der Waals surface area contributed by atoms with Gasteiger partial charge in [-0.2, -0.15) is 0 Å². The number of ether oxygens (including phenoxy) is 1. The van der Waals surface area contributed by atoms with E-state index in [1.165, 1.54) is 6.08 Å². The molecule has 0 saturated carbocycles. The van der Waals surface area contributed by atoms with E-state index in [4.69, 9.17) is 4.74 Å². The fraction of sp³-hybridized carbons (Fsp3) is 0.158. The number of amides is 1. The van der Waals surface area contributed by atoms with Gasteiger partial charge in [0, 0.05) is 11.8 Å². The molecule has 2 aromatic rings. The number of carbonyl (C=O) groups excluding carboxylic acids is 2. The van der Waals surface area contributed by atoms with Crippen LogP contribution in [0.25, 0.3) is 6.08 Å². The number of rotatable bonds is 5. The lowest BCUT2D eigenvalue weighted by atomic mass is 10.1. The Morgan fingerprint density at radius 1 is 1.13 bits per heavy atom. The smallest absolute Gasteiger partial charge is 0.338 e. The SMILES string of the molecule is CCOC(=O)c1ccc(C)c(NC(=O)/C=C/c2ccccc2)c1. The molecule has 0 radical (unpaired) electrons. The van der Waals surface area contributed by atoms with Crippen LogP contribution < -0.4 is 5.32 Å². The molecule has 4 nitrogen and oxygen atoms in total. The van der Waals surface area contributed by atoms with Gasteiger partial charge < -0.3 is 10.1 Å². The maximum atomic E-state index is 12.0. The molecule has 0 saturated heterocycles. The fourth-order valence-electron chi connectivity index (χ4n) is 2.01. The van der Waals surface area contributed by atoms with Crippen LogP contribution in [0.4, 0.5) is 5.69 Å². The molecule has 0 aliphatic carbocycles. The summed E-state index contributed by atoms with van der Waals surface area (Å²) in [6.45, 7) is 3.93. The van der Waals surface area contributed by atoms with E-state index >= 15 is 0 Å². The highest BCUT2D eigenvalue weighted by Crippen LogP contribution is 2.18. The summed E-state index contributed by atoms with van der Waals surface area (Å²) >= 11 is 0. The van der Waals surface area contributed by atoms with Gasteiger partial charge in [0.25, 0.3) is 0 Å². The van der Waals surface area contributed by atoms with E-state index in [1.54, 1.807) is 31.2 Å². The highest BCUT2D eigenvalue weighted by atomic mass is 16.5. The Kier molecular flexibility index (Phi) is 5.69. The lowest BCUT2D eigenvalue weighted by Crippen LogP contribution is -2.11. The van der Waals surface area contributed by atoms with E-state index in [0.29, 0.717) is 17.9 Å². The molecule has 0 aliphatic heterocycles. The zero-order chi connectivity index (χ0) is 16.7. The molecule has 23 heavy (non-hydrogen) atoms. The first-order chi connectivity index (χ1) is 11.1. The zero-order valence-electron chi connectivity index (χ0n) is 13.2. The average molecular weight is 309 g/mol. The van der Waals surface area contributed by atoms with Crippen molar-refractivity contribution < 1.29 is 14.3 Å². The standard InChI is InChI=1S/C19H19NO3/c1-3-23-19(22)16-11-9-14(2)17(13-16)20-18(21)12-10-15-7-5-4-6-8-15/h4-13H,3H2,1-2H3,(H,20,21)/b12-10+. The third kappa shape index (κ3) is 4.81. The molecule has 0 unspecified atom stereocenters. The Hall–Kier alpha value is -2.88. The number of benzene rings is 2. The van der Waals surface area contributed by atoms with Gasteiger partial charge in [0.1, 0.15) is 0 Å². The monoisotopic (exact) mass is 309 g/mol. The summed E-state index contributed by atoms with van der Waals surface area (Å²) in [4.78, 5) is 23.8. The fourth-order valence-corrected chi connectivity index (χ4v) is 2.01. The summed E-state index contributed by atoms with van der Waals surface area (Å²) in [6.07, 6.45) is 3.20. The molecule has 0 bridgehead atoms. The predicted octanol–water partition coefficient (Wildman–Crippen LogP) is 3.82. The molecule has 4 heteroatoms. The third-order valence-corrected chi connectivity index (χ3v) is 3.23. The molecule has 0 spiro atoms. The summed E-state index contributed by atoms with van der Waals surface area (Å²) < 4.78 is 4.97. The van der Waals surface area contributed by atoms with Crippen molar-refractivity contribution in [3.05, 3.63) is 71.3 Å². The summed E-state index contributed by atoms with van der Waals surface area (Å²) in [7, 11) is 0. The number of hydrogen-bond acceptors (Lipinski definition) is 3. The predicted molar refractivity (Wildman–Crippen MR) is 91.2 cm³/mol. The molecule has 0 fully saturated rings. The second kappa shape index (κ2) is 7.94. The van der Waals surface area contributed by atoms with Crippen molar-refractivity contribution in [2.24, 2.45) is 0 Å². The third-order valence-electron chi connectivity index (χ3n) is 3.23. The number of carbonyl (C=O) groups is 2. The van der Waals surface area contributed by atoms with Gasteiger partial charge in [0.2, 0.25) is 5.91 Å². The lowest BCUT2D eigenvalue weighted by Gasteiger charge is -2.09. The molecule has 1 amide bonds. The van der Waals surface area contributed by atoms with Crippen LogP contribution in [-0.4, -0.2) is 18.5 Å². The minimum Gasteiger partial charge on any atom is -0.462 e. The van der Waals surface area contributed by atoms with Crippen molar-refractivity contribution in [1.29, 1.82) is 0 Å². The molecule has 2 aromatic carbocycles. The van der Waals surface area contributed by atoms with Crippen LogP contribution >= 0.6 is 0 Å². The highest BCUT2D eigenvalue weighted by molar-refractivity contribution is 6.03. The minimum absolute atomic E-state index is 0.252. The van der Waals surface area contributed by atoms with Crippen molar-refractivity contribution in [2.45, 2.75) is 13.8 Å². The topological polar surface area (TPSA) is 55.4 Å². The molecule has 0 aliphatic rings. The highest BCUT2D eigenvalue weighted by Gasteiger charge is 2.09. The first-order valence-corrected chi connectivity index (χ1v) is 7.42. The van der Waals surface area contributed by atoms with Crippen LogP contribution in [0.3, 0.4) is 0 Å². The molecule has 0 heterocycles. The second-order valence-electron chi connectivity index (χ2n) is 4.98. The van der Waals surface area contributed by atoms with E-state index < -0.39 is 5.97 Å². The van der Waals surface area contributed by atoms with Crippen molar-refractivity contribution in [3.63, 3.8) is 0 Å². The Morgan fingerprint density at radius 2 is 1.87 bits per heavy atom. The molecule has 2 rings (SSSR count). The van der Waals surface area contributed by atoms with E-state index in [-0.39, 0.29) is 5.91 Å². The van der Waals surface area contributed by atoms with Crippen LogP contribution in [-0.2, 0) is 9.53 Å². The summed E-state index contributed by atoms with van der Waals surface area (Å²) in [5.74, 6) is -0.652. The first-order valence-electron chi connectivity index (χ1n) is 7.42. The number of esters is 1. The van der Waals surface area contributed by atoms with Gasteiger partial charge in [-0.15, -0.1) is 0 Å². The van der Waals surface area contributed by atoms with Crippen molar-refractivity contribution >= 4 is 23.6 Å². The van der Waals surface area contributed by atoms with Gasteiger partial charge in [-0.1, -0.05) is 36.4 Å². The first kappa shape index (κ1) is 16.5. The van der Waals surface area contributed by atoms with Crippen LogP contribution in [0.2, 0.25) is 0 Å². The molecule has 0 aromatic heterocycles.